The molecule has 0 amide bonds. The first-order chi connectivity index (χ1) is 7.14. The largest absolute Gasteiger partial charge is 0.330 e. The summed E-state index contributed by atoms with van der Waals surface area (Å²) in [7, 11) is 0. The van der Waals surface area contributed by atoms with Crippen LogP contribution in [0.4, 0.5) is 4.39 Å². The Morgan fingerprint density at radius 2 is 1.93 bits per heavy atom. The summed E-state index contributed by atoms with van der Waals surface area (Å²) in [4.78, 5) is 0. The van der Waals surface area contributed by atoms with Crippen LogP contribution in [0.5, 0.6) is 0 Å². The molecular weight excluding hydrogens is 189 g/mol. The lowest BCUT2D eigenvalue weighted by Gasteiger charge is -2.28. The molecule has 0 heterocycles. The number of hydrogen-bond donors (Lipinski definition) is 1. The standard InChI is InChI=1S/C13H18FN/c1-13(9-15,11-4-5-11)8-10-2-6-12(14)7-3-10/h2-3,6-7,11H,4-5,8-9,15H2,1H3. The van der Waals surface area contributed by atoms with Crippen LogP contribution in [-0.4, -0.2) is 6.54 Å². The summed E-state index contributed by atoms with van der Waals surface area (Å²) >= 11 is 0. The quantitative estimate of drug-likeness (QED) is 0.807. The van der Waals surface area contributed by atoms with Crippen molar-refractivity contribution >= 4 is 0 Å². The third kappa shape index (κ3) is 2.37. The van der Waals surface area contributed by atoms with Crippen molar-refractivity contribution in [3.8, 4) is 0 Å². The highest BCUT2D eigenvalue weighted by molar-refractivity contribution is 5.18. The highest BCUT2D eigenvalue weighted by Gasteiger charge is 2.40. The summed E-state index contributed by atoms with van der Waals surface area (Å²) < 4.78 is 12.7. The fourth-order valence-electron chi connectivity index (χ4n) is 2.23. The van der Waals surface area contributed by atoms with Gasteiger partial charge in [-0.2, -0.15) is 0 Å². The second-order valence-electron chi connectivity index (χ2n) is 4.94. The van der Waals surface area contributed by atoms with Crippen molar-refractivity contribution in [1.29, 1.82) is 0 Å². The minimum atomic E-state index is -0.167. The Bertz CT molecular complexity index is 329. The van der Waals surface area contributed by atoms with E-state index in [1.165, 1.54) is 30.5 Å². The van der Waals surface area contributed by atoms with Crippen LogP contribution >= 0.6 is 0 Å². The van der Waals surface area contributed by atoms with E-state index >= 15 is 0 Å². The minimum Gasteiger partial charge on any atom is -0.330 e. The molecule has 1 unspecified atom stereocenters. The van der Waals surface area contributed by atoms with Crippen molar-refractivity contribution in [1.82, 2.24) is 0 Å². The van der Waals surface area contributed by atoms with Gasteiger partial charge in [-0.3, -0.25) is 0 Å². The zero-order valence-electron chi connectivity index (χ0n) is 9.17. The molecule has 1 fully saturated rings. The Hall–Kier alpha value is -0.890. The fraction of sp³-hybridized carbons (Fsp3) is 0.538. The third-order valence-electron chi connectivity index (χ3n) is 3.55. The molecule has 1 aromatic carbocycles. The molecular formula is C13H18FN. The van der Waals surface area contributed by atoms with Gasteiger partial charge in [-0.15, -0.1) is 0 Å². The van der Waals surface area contributed by atoms with E-state index in [0.717, 1.165) is 18.9 Å². The summed E-state index contributed by atoms with van der Waals surface area (Å²) in [6.45, 7) is 2.96. The molecule has 0 radical (unpaired) electrons. The highest BCUT2D eigenvalue weighted by Crippen LogP contribution is 2.46. The Labute approximate surface area is 90.5 Å². The van der Waals surface area contributed by atoms with Crippen molar-refractivity contribution in [2.45, 2.75) is 26.2 Å². The Kier molecular flexibility index (Phi) is 2.79. The molecule has 82 valence electrons. The van der Waals surface area contributed by atoms with E-state index in [1.54, 1.807) is 0 Å². The molecule has 0 saturated heterocycles. The molecule has 2 N–H and O–H groups in total. The van der Waals surface area contributed by atoms with Crippen molar-refractivity contribution < 1.29 is 4.39 Å². The molecule has 0 aliphatic heterocycles. The monoisotopic (exact) mass is 207 g/mol. The Morgan fingerprint density at radius 3 is 2.40 bits per heavy atom. The highest BCUT2D eigenvalue weighted by atomic mass is 19.1. The van der Waals surface area contributed by atoms with Gasteiger partial charge in [0, 0.05) is 0 Å². The number of benzene rings is 1. The molecule has 1 aliphatic rings. The zero-order valence-corrected chi connectivity index (χ0v) is 9.17. The van der Waals surface area contributed by atoms with Gasteiger partial charge in [-0.05, 0) is 54.8 Å². The minimum absolute atomic E-state index is 0.167. The van der Waals surface area contributed by atoms with Crippen molar-refractivity contribution in [2.75, 3.05) is 6.54 Å². The Balaban J connectivity index is 2.09. The number of nitrogens with two attached hydrogens (primary N) is 1. The van der Waals surface area contributed by atoms with Crippen molar-refractivity contribution in [3.05, 3.63) is 35.6 Å². The summed E-state index contributed by atoms with van der Waals surface area (Å²) in [5.74, 6) is 0.604. The van der Waals surface area contributed by atoms with E-state index in [9.17, 15) is 4.39 Å². The second kappa shape index (κ2) is 3.93. The number of rotatable bonds is 4. The summed E-state index contributed by atoms with van der Waals surface area (Å²) in [6.07, 6.45) is 3.57. The van der Waals surface area contributed by atoms with E-state index in [-0.39, 0.29) is 11.2 Å². The van der Waals surface area contributed by atoms with Gasteiger partial charge in [0.25, 0.3) is 0 Å². The van der Waals surface area contributed by atoms with Gasteiger partial charge in [0.15, 0.2) is 0 Å². The molecule has 1 nitrogen and oxygen atoms in total. The maximum Gasteiger partial charge on any atom is 0.123 e. The topological polar surface area (TPSA) is 26.0 Å². The average molecular weight is 207 g/mol. The van der Waals surface area contributed by atoms with E-state index < -0.39 is 0 Å². The molecule has 0 bridgehead atoms. The lowest BCUT2D eigenvalue weighted by Crippen LogP contribution is -2.31. The number of halogens is 1. The first kappa shape index (κ1) is 10.6. The molecule has 1 saturated carbocycles. The maximum atomic E-state index is 12.7. The Morgan fingerprint density at radius 1 is 1.33 bits per heavy atom. The molecule has 1 aromatic rings. The van der Waals surface area contributed by atoms with E-state index in [4.69, 9.17) is 5.73 Å². The number of hydrogen-bond acceptors (Lipinski definition) is 1. The van der Waals surface area contributed by atoms with E-state index in [1.807, 2.05) is 12.1 Å². The van der Waals surface area contributed by atoms with E-state index in [0.29, 0.717) is 0 Å². The molecule has 2 heteroatoms. The smallest absolute Gasteiger partial charge is 0.123 e. The van der Waals surface area contributed by atoms with Gasteiger partial charge in [0.05, 0.1) is 0 Å². The maximum absolute atomic E-state index is 12.7. The van der Waals surface area contributed by atoms with Gasteiger partial charge in [-0.1, -0.05) is 19.1 Å². The van der Waals surface area contributed by atoms with Crippen LogP contribution in [0.3, 0.4) is 0 Å². The van der Waals surface area contributed by atoms with Crippen LogP contribution in [0.15, 0.2) is 24.3 Å². The molecule has 1 atom stereocenters. The predicted octanol–water partition coefficient (Wildman–Crippen LogP) is 2.74. The van der Waals surface area contributed by atoms with Gasteiger partial charge in [0.1, 0.15) is 5.82 Å². The van der Waals surface area contributed by atoms with E-state index in [2.05, 4.69) is 6.92 Å². The zero-order chi connectivity index (χ0) is 10.9. The van der Waals surface area contributed by atoms with Crippen molar-refractivity contribution in [3.63, 3.8) is 0 Å². The summed E-state index contributed by atoms with van der Waals surface area (Å²) in [5, 5.41) is 0. The molecule has 1 aliphatic carbocycles. The predicted molar refractivity (Wildman–Crippen MR) is 60.0 cm³/mol. The molecule has 0 spiro atoms. The van der Waals surface area contributed by atoms with Crippen LogP contribution in [0.1, 0.15) is 25.3 Å². The van der Waals surface area contributed by atoms with Gasteiger partial charge >= 0.3 is 0 Å². The van der Waals surface area contributed by atoms with Crippen LogP contribution in [0.2, 0.25) is 0 Å². The SMILES string of the molecule is CC(CN)(Cc1ccc(F)cc1)C1CC1. The van der Waals surface area contributed by atoms with Crippen LogP contribution in [-0.2, 0) is 6.42 Å². The fourth-order valence-corrected chi connectivity index (χ4v) is 2.23. The lowest BCUT2D eigenvalue weighted by atomic mass is 9.79. The van der Waals surface area contributed by atoms with Gasteiger partial charge < -0.3 is 5.73 Å². The van der Waals surface area contributed by atoms with Crippen molar-refractivity contribution in [2.24, 2.45) is 17.1 Å². The summed E-state index contributed by atoms with van der Waals surface area (Å²) in [5.41, 5.74) is 7.25. The van der Waals surface area contributed by atoms with Gasteiger partial charge in [0.2, 0.25) is 0 Å². The molecule has 15 heavy (non-hydrogen) atoms. The van der Waals surface area contributed by atoms with Crippen LogP contribution in [0, 0.1) is 17.2 Å². The van der Waals surface area contributed by atoms with Crippen LogP contribution < -0.4 is 5.73 Å². The normalized spacial score (nSPS) is 19.9. The lowest BCUT2D eigenvalue weighted by molar-refractivity contribution is 0.281. The third-order valence-corrected chi connectivity index (χ3v) is 3.55. The second-order valence-corrected chi connectivity index (χ2v) is 4.94. The summed E-state index contributed by atoms with van der Waals surface area (Å²) in [6, 6.07) is 6.79. The van der Waals surface area contributed by atoms with Crippen LogP contribution in [0.25, 0.3) is 0 Å². The molecule has 0 aromatic heterocycles. The molecule has 2 rings (SSSR count). The first-order valence-corrected chi connectivity index (χ1v) is 5.58. The first-order valence-electron chi connectivity index (χ1n) is 5.58. The average Bonchev–Trinajstić information content (AvgIpc) is 3.05. The van der Waals surface area contributed by atoms with Gasteiger partial charge in [-0.25, -0.2) is 4.39 Å².